The van der Waals surface area contributed by atoms with E-state index in [1.54, 1.807) is 0 Å². The van der Waals surface area contributed by atoms with Crippen LogP contribution < -0.4 is 5.32 Å². The summed E-state index contributed by atoms with van der Waals surface area (Å²) in [6.45, 7) is 3.20. The lowest BCUT2D eigenvalue weighted by atomic mass is 10.00. The predicted molar refractivity (Wildman–Crippen MR) is 70.0 cm³/mol. The molecule has 88 valence electrons. The minimum Gasteiger partial charge on any atom is -0.314 e. The van der Waals surface area contributed by atoms with Gasteiger partial charge in [-0.15, -0.1) is 0 Å². The molecule has 1 saturated heterocycles. The fourth-order valence-corrected chi connectivity index (χ4v) is 2.56. The highest BCUT2D eigenvalue weighted by molar-refractivity contribution is 5.82. The monoisotopic (exact) mass is 227 g/mol. The molecule has 1 aliphatic rings. The summed E-state index contributed by atoms with van der Waals surface area (Å²) in [4.78, 5) is 6.84. The van der Waals surface area contributed by atoms with Crippen LogP contribution in [0.3, 0.4) is 0 Å². The molecule has 0 saturated carbocycles. The molecule has 3 rings (SSSR count). The maximum Gasteiger partial charge on any atom is 0.0705 e. The SMILES string of the molecule is CN1CCNCC1c1ccnc2ccccc12. The van der Waals surface area contributed by atoms with Crippen molar-refractivity contribution in [2.45, 2.75) is 6.04 Å². The third kappa shape index (κ3) is 1.92. The van der Waals surface area contributed by atoms with Crippen molar-refractivity contribution in [2.24, 2.45) is 0 Å². The standard InChI is InChI=1S/C14H17N3/c1-17-9-8-15-10-14(17)12-6-7-16-13-5-3-2-4-11(12)13/h2-7,14-15H,8-10H2,1H3. The van der Waals surface area contributed by atoms with Crippen LogP contribution in [0.15, 0.2) is 36.5 Å². The zero-order chi connectivity index (χ0) is 11.7. The largest absolute Gasteiger partial charge is 0.314 e. The number of hydrogen-bond donors (Lipinski definition) is 1. The fraction of sp³-hybridized carbons (Fsp3) is 0.357. The Morgan fingerprint density at radius 3 is 3.06 bits per heavy atom. The lowest BCUT2D eigenvalue weighted by molar-refractivity contribution is 0.203. The molecule has 0 aliphatic carbocycles. The van der Waals surface area contributed by atoms with Gasteiger partial charge in [-0.3, -0.25) is 9.88 Å². The summed E-state index contributed by atoms with van der Waals surface area (Å²) in [5.74, 6) is 0. The van der Waals surface area contributed by atoms with Crippen LogP contribution in [-0.2, 0) is 0 Å². The lowest BCUT2D eigenvalue weighted by Crippen LogP contribution is -2.43. The molecule has 2 aromatic rings. The van der Waals surface area contributed by atoms with E-state index in [2.05, 4.69) is 46.5 Å². The molecule has 2 heterocycles. The van der Waals surface area contributed by atoms with Gasteiger partial charge in [-0.25, -0.2) is 0 Å². The summed E-state index contributed by atoms with van der Waals surface area (Å²) in [5.41, 5.74) is 2.47. The Hall–Kier alpha value is -1.45. The second-order valence-electron chi connectivity index (χ2n) is 4.62. The Balaban J connectivity index is 2.10. The molecule has 0 bridgehead atoms. The number of nitrogens with zero attached hydrogens (tertiary/aromatic N) is 2. The molecule has 1 aromatic carbocycles. The predicted octanol–water partition coefficient (Wildman–Crippen LogP) is 1.81. The first-order valence-corrected chi connectivity index (χ1v) is 6.11. The molecule has 0 amide bonds. The molecule has 1 unspecified atom stereocenters. The van der Waals surface area contributed by atoms with Gasteiger partial charge in [-0.05, 0) is 24.7 Å². The van der Waals surface area contributed by atoms with Crippen LogP contribution in [0.1, 0.15) is 11.6 Å². The van der Waals surface area contributed by atoms with Crippen molar-refractivity contribution in [3.05, 3.63) is 42.1 Å². The van der Waals surface area contributed by atoms with Crippen LogP contribution in [0.5, 0.6) is 0 Å². The summed E-state index contributed by atoms with van der Waals surface area (Å²) < 4.78 is 0. The Bertz CT molecular complexity index is 518. The van der Waals surface area contributed by atoms with Gasteiger partial charge in [0.1, 0.15) is 0 Å². The van der Waals surface area contributed by atoms with Crippen LogP contribution in [0.2, 0.25) is 0 Å². The van der Waals surface area contributed by atoms with E-state index in [0.717, 1.165) is 25.2 Å². The van der Waals surface area contributed by atoms with Gasteiger partial charge < -0.3 is 5.32 Å². The number of hydrogen-bond acceptors (Lipinski definition) is 3. The zero-order valence-corrected chi connectivity index (χ0v) is 10.1. The average Bonchev–Trinajstić information content (AvgIpc) is 2.39. The maximum absolute atomic E-state index is 4.42. The maximum atomic E-state index is 4.42. The summed E-state index contributed by atoms with van der Waals surface area (Å²) in [6.07, 6.45) is 1.92. The number of aromatic nitrogens is 1. The van der Waals surface area contributed by atoms with Crippen LogP contribution in [-0.4, -0.2) is 36.6 Å². The van der Waals surface area contributed by atoms with Crippen molar-refractivity contribution in [1.82, 2.24) is 15.2 Å². The molecule has 1 atom stereocenters. The van der Waals surface area contributed by atoms with Crippen molar-refractivity contribution >= 4 is 10.9 Å². The molecular formula is C14H17N3. The van der Waals surface area contributed by atoms with Gasteiger partial charge in [-0.1, -0.05) is 18.2 Å². The van der Waals surface area contributed by atoms with Crippen LogP contribution in [0.25, 0.3) is 10.9 Å². The van der Waals surface area contributed by atoms with Gasteiger partial charge in [0.2, 0.25) is 0 Å². The normalized spacial score (nSPS) is 21.8. The van der Waals surface area contributed by atoms with E-state index in [0.29, 0.717) is 6.04 Å². The first kappa shape index (κ1) is 10.7. The molecule has 1 aliphatic heterocycles. The molecule has 3 nitrogen and oxygen atoms in total. The molecule has 1 fully saturated rings. The Morgan fingerprint density at radius 2 is 2.18 bits per heavy atom. The quantitative estimate of drug-likeness (QED) is 0.805. The number of benzene rings is 1. The minimum absolute atomic E-state index is 0.455. The highest BCUT2D eigenvalue weighted by Crippen LogP contribution is 2.26. The number of nitrogens with one attached hydrogen (secondary N) is 1. The zero-order valence-electron chi connectivity index (χ0n) is 10.1. The smallest absolute Gasteiger partial charge is 0.0705 e. The molecule has 17 heavy (non-hydrogen) atoms. The lowest BCUT2D eigenvalue weighted by Gasteiger charge is -2.33. The molecule has 0 spiro atoms. The van der Waals surface area contributed by atoms with E-state index in [4.69, 9.17) is 0 Å². The molecular weight excluding hydrogens is 210 g/mol. The second kappa shape index (κ2) is 4.43. The number of pyridine rings is 1. The fourth-order valence-electron chi connectivity index (χ4n) is 2.56. The number of fused-ring (bicyclic) bond motifs is 1. The van der Waals surface area contributed by atoms with E-state index in [9.17, 15) is 0 Å². The van der Waals surface area contributed by atoms with Gasteiger partial charge in [0, 0.05) is 37.3 Å². The summed E-state index contributed by atoms with van der Waals surface area (Å²) >= 11 is 0. The average molecular weight is 227 g/mol. The second-order valence-corrected chi connectivity index (χ2v) is 4.62. The molecule has 1 N–H and O–H groups in total. The third-order valence-electron chi connectivity index (χ3n) is 3.55. The van der Waals surface area contributed by atoms with Crippen LogP contribution in [0, 0.1) is 0 Å². The topological polar surface area (TPSA) is 28.2 Å². The summed E-state index contributed by atoms with van der Waals surface area (Å²) in [6, 6.07) is 11.0. The first-order valence-electron chi connectivity index (χ1n) is 6.11. The van der Waals surface area contributed by atoms with Gasteiger partial charge in [0.15, 0.2) is 0 Å². The summed E-state index contributed by atoms with van der Waals surface area (Å²) in [7, 11) is 2.20. The van der Waals surface area contributed by atoms with Gasteiger partial charge in [0.25, 0.3) is 0 Å². The Labute approximate surface area is 101 Å². The minimum atomic E-state index is 0.455. The highest BCUT2D eigenvalue weighted by Gasteiger charge is 2.21. The summed E-state index contributed by atoms with van der Waals surface area (Å²) in [5, 5.41) is 4.74. The van der Waals surface area contributed by atoms with E-state index in [1.165, 1.54) is 10.9 Å². The van der Waals surface area contributed by atoms with E-state index in [1.807, 2.05) is 12.3 Å². The number of para-hydroxylation sites is 1. The van der Waals surface area contributed by atoms with E-state index >= 15 is 0 Å². The van der Waals surface area contributed by atoms with Gasteiger partial charge in [0.05, 0.1) is 5.52 Å². The van der Waals surface area contributed by atoms with Crippen molar-refractivity contribution in [1.29, 1.82) is 0 Å². The molecule has 3 heteroatoms. The van der Waals surface area contributed by atoms with E-state index in [-0.39, 0.29) is 0 Å². The molecule has 0 radical (unpaired) electrons. The first-order chi connectivity index (χ1) is 8.36. The number of rotatable bonds is 1. The number of piperazine rings is 1. The van der Waals surface area contributed by atoms with E-state index < -0.39 is 0 Å². The van der Waals surface area contributed by atoms with Crippen molar-refractivity contribution in [3.8, 4) is 0 Å². The Kier molecular flexibility index (Phi) is 2.79. The van der Waals surface area contributed by atoms with Crippen LogP contribution in [0.4, 0.5) is 0 Å². The third-order valence-corrected chi connectivity index (χ3v) is 3.55. The Morgan fingerprint density at radius 1 is 1.29 bits per heavy atom. The number of likely N-dealkylation sites (N-methyl/N-ethyl adjacent to an activating group) is 1. The van der Waals surface area contributed by atoms with Crippen molar-refractivity contribution in [3.63, 3.8) is 0 Å². The van der Waals surface area contributed by atoms with Gasteiger partial charge in [-0.2, -0.15) is 0 Å². The van der Waals surface area contributed by atoms with Crippen molar-refractivity contribution < 1.29 is 0 Å². The highest BCUT2D eigenvalue weighted by atomic mass is 15.2. The molecule has 1 aromatic heterocycles. The van der Waals surface area contributed by atoms with Crippen LogP contribution >= 0.6 is 0 Å². The van der Waals surface area contributed by atoms with Crippen molar-refractivity contribution in [2.75, 3.05) is 26.7 Å². The van der Waals surface area contributed by atoms with Gasteiger partial charge >= 0.3 is 0 Å².